The highest BCUT2D eigenvalue weighted by Crippen LogP contribution is 2.37. The SMILES string of the molecule is C=C1CCc2ccc(C(C)(C)C)cc2C1.CC(C)(C)c1ccc2c(c1)CC(=O)CO2.CC(C)(C)c1ccc2c(c1)CCCO2.CC(C)(C)c1ccc2c(c1)CN=C2.CC(C)(C)c1cccc(-c2nn[nH]n2)c1.CC(C)(C)c1cccc(C(=O)O)n1.CC(C)(C)c1cnc2c(c1)CC=C2.CN(C)CCCOc1cccc(C(C)(C)C)c1.Cc1ccc(CNCc2cccc(C(C)(C)C)c2)cc1. The number of Topliss-reactive ketones (excluding diaryl/α,β-unsaturated/α-hetero) is 1. The number of nitrogens with zero attached hydrogens (tertiary/aromatic N) is 7. The second-order valence-corrected chi connectivity index (χ2v) is 45.9. The van der Waals surface area contributed by atoms with Crippen LogP contribution in [0.4, 0.5) is 0 Å². The van der Waals surface area contributed by atoms with Crippen LogP contribution in [0.5, 0.6) is 17.2 Å². The van der Waals surface area contributed by atoms with Gasteiger partial charge in [-0.15, -0.1) is 10.2 Å². The molecule has 0 amide bonds. The topological polar surface area (TPSA) is 190 Å². The molecule has 3 aliphatic heterocycles. The predicted molar refractivity (Wildman–Crippen MR) is 566 cm³/mol. The summed E-state index contributed by atoms with van der Waals surface area (Å²) in [7, 11) is 4.17. The number of aromatic amines is 1. The van der Waals surface area contributed by atoms with Crippen LogP contribution in [-0.4, -0.2) is 99.0 Å². The Hall–Kier alpha value is -11.3. The molecule has 5 aliphatic rings. The molecule has 15 nitrogen and oxygen atoms in total. The lowest BCUT2D eigenvalue weighted by molar-refractivity contribution is -0.121. The quantitative estimate of drug-likeness (QED) is 0.0820. The third-order valence-corrected chi connectivity index (χ3v) is 24.1. The maximum atomic E-state index is 11.3. The predicted octanol–water partition coefficient (Wildman–Crippen LogP) is 27.8. The number of aliphatic imine (C=N–C) groups is 1. The molecule has 0 atom stereocenters. The number of ether oxygens (including phenoxy) is 3. The number of hydrogen-bond acceptors (Lipinski definition) is 13. The van der Waals surface area contributed by atoms with Crippen molar-refractivity contribution in [2.24, 2.45) is 4.99 Å². The van der Waals surface area contributed by atoms with Crippen LogP contribution in [-0.2, 0) is 105 Å². The highest BCUT2D eigenvalue weighted by atomic mass is 16.5. The number of hydrogen-bond donors (Lipinski definition) is 3. The molecular formula is C120H161N9O6. The molecule has 15 heteroatoms. The standard InChI is InChI=1S/C19H25N.C15H25NO.C15H20.C13H16O2.C13H18O.2C12H15N.C11H14N4.C10H13NO2/c1-15-8-10-16(11-9-15)13-20-14-17-6-5-7-18(12-17)19(2,3)4;1-15(2,3)13-8-6-9-14(12-13)17-11-7-10-16(4)5;1-11-5-6-12-7-8-14(15(2,3)4)10-13(12)9-11;1-13(2,3)10-4-5-12-9(6-10)7-11(14)8-15-12;1-13(2,3)11-6-7-12-10(9-11)5-4-8-14-12;1-12(2,3)11-5-4-9-7-13-8-10(9)6-11;1-12(2,3)10-7-9-5-4-6-11(9)13-8-10;1-11(2,3)9-6-4-5-8(7-9)10-12-14-15-13-10;1-10(2,3)8-6-4-5-7(11-8)9(12)13/h5-12,20H,13-14H2,1-4H3;6,8-9,12H,7,10-11H2,1-5H3;7-8,10H,1,5-6,9H2,2-4H3;4-6H,7-8H2,1-3H3;6-7,9H,4-5,8H2,1-3H3;4-7H,8H2,1-3H3;4,6-8H,5H2,1-3H3;4-7H,1-3H3,(H,12,13,14,15);4-6H,1-3H3,(H,12,13). The summed E-state index contributed by atoms with van der Waals surface area (Å²) in [6.07, 6.45) is 16.6. The van der Waals surface area contributed by atoms with Gasteiger partial charge in [-0.1, -0.05) is 362 Å². The Bertz CT molecular complexity index is 5580. The zero-order valence-electron chi connectivity index (χ0n) is 87.7. The van der Waals surface area contributed by atoms with E-state index in [0.717, 1.165) is 105 Å². The van der Waals surface area contributed by atoms with Gasteiger partial charge >= 0.3 is 5.97 Å². The number of allylic oxidation sites excluding steroid dienone is 2. The molecule has 0 fully saturated rings. The normalized spacial score (nSPS) is 13.7. The first kappa shape index (κ1) is 109. The van der Waals surface area contributed by atoms with Gasteiger partial charge in [0.05, 0.1) is 25.5 Å². The zero-order chi connectivity index (χ0) is 99.7. The molecule has 0 spiro atoms. The summed E-state index contributed by atoms with van der Waals surface area (Å²) in [4.78, 5) is 36.8. The molecule has 3 N–H and O–H groups in total. The van der Waals surface area contributed by atoms with Gasteiger partial charge in [0.1, 0.15) is 29.5 Å². The molecule has 2 aliphatic carbocycles. The number of benzene rings is 8. The Balaban J connectivity index is 0.000000187. The fourth-order valence-electron chi connectivity index (χ4n) is 15.1. The maximum absolute atomic E-state index is 11.3. The van der Waals surface area contributed by atoms with Gasteiger partial charge in [0, 0.05) is 60.7 Å². The number of ketones is 1. The number of fused-ring (bicyclic) bond motifs is 5. The number of carboxylic acids is 1. The fourth-order valence-corrected chi connectivity index (χ4v) is 15.1. The van der Waals surface area contributed by atoms with Gasteiger partial charge in [-0.05, 0) is 252 Å². The number of carbonyl (C=O) groups excluding carboxylic acids is 1. The Kier molecular flexibility index (Phi) is 38.8. The zero-order valence-corrected chi connectivity index (χ0v) is 87.7. The number of H-pyrrole nitrogens is 1. The van der Waals surface area contributed by atoms with E-state index in [9.17, 15) is 9.59 Å². The van der Waals surface area contributed by atoms with Crippen molar-refractivity contribution in [1.29, 1.82) is 0 Å². The third kappa shape index (κ3) is 36.1. The van der Waals surface area contributed by atoms with E-state index in [1.807, 2.05) is 63.5 Å². The average Bonchev–Trinajstić information content (AvgIpc) is 1.65. The molecule has 11 aromatic rings. The molecular weight excluding hydrogens is 1660 g/mol. The van der Waals surface area contributed by atoms with Crippen molar-refractivity contribution in [3.63, 3.8) is 0 Å². The van der Waals surface area contributed by atoms with Gasteiger partial charge in [0.2, 0.25) is 5.82 Å². The molecule has 6 heterocycles. The number of carbonyl (C=O) groups is 2. The second-order valence-electron chi connectivity index (χ2n) is 45.9. The lowest BCUT2D eigenvalue weighted by Gasteiger charge is -2.24. The lowest BCUT2D eigenvalue weighted by atomic mass is 9.81. The van der Waals surface area contributed by atoms with Crippen molar-refractivity contribution in [3.05, 3.63) is 336 Å². The van der Waals surface area contributed by atoms with Crippen LogP contribution in [0, 0.1) is 6.92 Å². The van der Waals surface area contributed by atoms with E-state index in [1.165, 1.54) is 125 Å². The number of aromatic carboxylic acids is 1. The molecule has 3 aromatic heterocycles. The van der Waals surface area contributed by atoms with Gasteiger partial charge < -0.3 is 29.5 Å². The number of rotatable bonds is 11. The number of aromatic nitrogens is 6. The minimum Gasteiger partial charge on any atom is -0.494 e. The first-order valence-electron chi connectivity index (χ1n) is 48.4. The highest BCUT2D eigenvalue weighted by molar-refractivity contribution is 5.86. The van der Waals surface area contributed by atoms with Crippen LogP contribution in [0.1, 0.15) is 328 Å². The summed E-state index contributed by atoms with van der Waals surface area (Å²) in [5.74, 6) is 2.75. The van der Waals surface area contributed by atoms with Crippen LogP contribution < -0.4 is 19.5 Å². The smallest absolute Gasteiger partial charge is 0.354 e. The number of carboxylic acid groups (broad SMARTS) is 1. The van der Waals surface area contributed by atoms with Crippen LogP contribution in [0.15, 0.2) is 224 Å². The van der Waals surface area contributed by atoms with Crippen molar-refractivity contribution >= 4 is 24.0 Å². The Morgan fingerprint density at radius 1 is 0.504 bits per heavy atom. The molecule has 135 heavy (non-hydrogen) atoms. The van der Waals surface area contributed by atoms with Crippen molar-refractivity contribution in [2.45, 2.75) is 314 Å². The van der Waals surface area contributed by atoms with Crippen molar-refractivity contribution in [2.75, 3.05) is 40.5 Å². The van der Waals surface area contributed by atoms with Crippen LogP contribution in [0.3, 0.4) is 0 Å². The monoisotopic (exact) mass is 1820 g/mol. The van der Waals surface area contributed by atoms with Crippen molar-refractivity contribution < 1.29 is 28.9 Å². The largest absolute Gasteiger partial charge is 0.494 e. The van der Waals surface area contributed by atoms with Crippen LogP contribution in [0.25, 0.3) is 17.5 Å². The maximum Gasteiger partial charge on any atom is 0.354 e. The highest BCUT2D eigenvalue weighted by Gasteiger charge is 2.26. The molecule has 0 bridgehead atoms. The minimum atomic E-state index is -0.980. The molecule has 8 aromatic carbocycles. The molecule has 0 saturated carbocycles. The van der Waals surface area contributed by atoms with E-state index < -0.39 is 5.97 Å². The number of pyridine rings is 2. The Morgan fingerprint density at radius 2 is 1.03 bits per heavy atom. The van der Waals surface area contributed by atoms with E-state index in [2.05, 4.69) is 403 Å². The summed E-state index contributed by atoms with van der Waals surface area (Å²) in [6, 6.07) is 67.9. The second kappa shape index (κ2) is 48.0. The van der Waals surface area contributed by atoms with Gasteiger partial charge in [-0.2, -0.15) is 5.21 Å². The fraction of sp³-hybridized carbons (Fsp3) is 0.450. The summed E-state index contributed by atoms with van der Waals surface area (Å²) in [5, 5.41) is 26.2. The Morgan fingerprint density at radius 3 is 1.61 bits per heavy atom. The third-order valence-electron chi connectivity index (χ3n) is 24.1. The number of nitrogens with one attached hydrogen (secondary N) is 2. The number of tetrazole rings is 1. The minimum absolute atomic E-state index is 0.104. The first-order valence-corrected chi connectivity index (χ1v) is 48.4. The van der Waals surface area contributed by atoms with Gasteiger partial charge in [0.15, 0.2) is 5.78 Å². The molecule has 0 radical (unpaired) electrons. The average molecular weight is 1830 g/mol. The van der Waals surface area contributed by atoms with Gasteiger partial charge in [-0.3, -0.25) is 14.8 Å². The van der Waals surface area contributed by atoms with E-state index in [4.69, 9.17) is 19.3 Å². The summed E-state index contributed by atoms with van der Waals surface area (Å²) >= 11 is 0. The van der Waals surface area contributed by atoms with Crippen molar-refractivity contribution in [3.8, 4) is 28.6 Å². The summed E-state index contributed by atoms with van der Waals surface area (Å²) in [5.41, 5.74) is 30.2. The lowest BCUT2D eigenvalue weighted by Crippen LogP contribution is -2.21. The Labute approximate surface area is 812 Å². The first-order chi connectivity index (χ1) is 63.0. The van der Waals surface area contributed by atoms with E-state index >= 15 is 0 Å². The van der Waals surface area contributed by atoms with E-state index in [0.29, 0.717) is 12.2 Å². The van der Waals surface area contributed by atoms with Gasteiger partial charge in [-0.25, -0.2) is 9.78 Å². The van der Waals surface area contributed by atoms with Crippen LogP contribution >= 0.6 is 0 Å². The van der Waals surface area contributed by atoms with Gasteiger partial charge in [0.25, 0.3) is 0 Å². The molecule has 0 saturated heterocycles. The molecule has 722 valence electrons. The van der Waals surface area contributed by atoms with Crippen molar-refractivity contribution in [1.82, 2.24) is 40.8 Å². The van der Waals surface area contributed by atoms with E-state index in [1.54, 1.807) is 6.07 Å². The molecule has 16 rings (SSSR count). The summed E-state index contributed by atoms with van der Waals surface area (Å²) < 4.78 is 16.7. The number of aryl methyl sites for hydroxylation is 3. The van der Waals surface area contributed by atoms with Crippen LogP contribution in [0.2, 0.25) is 0 Å². The summed E-state index contributed by atoms with van der Waals surface area (Å²) in [6.45, 7) is 71.3. The molecule has 0 unspecified atom stereocenters. The van der Waals surface area contributed by atoms with E-state index in [-0.39, 0.29) is 66.8 Å².